The Hall–Kier alpha value is -0.280. The summed E-state index contributed by atoms with van der Waals surface area (Å²) in [5, 5.41) is 0. The van der Waals surface area contributed by atoms with Crippen LogP contribution in [0.5, 0.6) is 0 Å². The van der Waals surface area contributed by atoms with E-state index in [1.807, 2.05) is 4.03 Å². The van der Waals surface area contributed by atoms with Crippen molar-refractivity contribution in [1.82, 2.24) is 0 Å². The average molecular weight is 277 g/mol. The van der Waals surface area contributed by atoms with Crippen LogP contribution >= 0.6 is 0 Å². The molecule has 0 saturated carbocycles. The van der Waals surface area contributed by atoms with Gasteiger partial charge in [-0.3, -0.25) is 0 Å². The van der Waals surface area contributed by atoms with Gasteiger partial charge in [0.05, 0.1) is 0 Å². The van der Waals surface area contributed by atoms with Gasteiger partial charge >= 0.3 is 96.8 Å². The number of hydrogen-bond donors (Lipinski definition) is 0. The van der Waals surface area contributed by atoms with Crippen LogP contribution in [0, 0.1) is 0 Å². The minimum atomic E-state index is -1.85. The van der Waals surface area contributed by atoms with Crippen molar-refractivity contribution in [2.45, 2.75) is 31.2 Å². The molecule has 0 fully saturated rings. The van der Waals surface area contributed by atoms with E-state index in [1.54, 1.807) is 4.40 Å². The zero-order valence-corrected chi connectivity index (χ0v) is 13.5. The van der Waals surface area contributed by atoms with Gasteiger partial charge in [-0.05, 0) is 0 Å². The molecule has 0 nitrogen and oxygen atoms in total. The van der Waals surface area contributed by atoms with Gasteiger partial charge in [-0.25, -0.2) is 0 Å². The maximum atomic E-state index is 2.55. The summed E-state index contributed by atoms with van der Waals surface area (Å²) in [7, 11) is -1.11. The summed E-state index contributed by atoms with van der Waals surface area (Å²) >= 11 is -1.85. The Morgan fingerprint density at radius 1 is 1.00 bits per heavy atom. The van der Waals surface area contributed by atoms with Crippen molar-refractivity contribution < 1.29 is 0 Å². The second kappa shape index (κ2) is 3.36. The number of fused-ring (bicyclic) bond motifs is 1. The molecule has 0 aliphatic carbocycles. The van der Waals surface area contributed by atoms with Crippen LogP contribution in [0.4, 0.5) is 0 Å². The summed E-state index contributed by atoms with van der Waals surface area (Å²) in [6.45, 7) is 7.45. The Morgan fingerprint density at radius 3 is 2.13 bits per heavy atom. The molecule has 2 rings (SSSR count). The first-order valence-corrected chi connectivity index (χ1v) is 15.4. The third-order valence-electron chi connectivity index (χ3n) is 3.42. The molecule has 2 heteroatoms. The Kier molecular flexibility index (Phi) is 2.51. The molecule has 0 aromatic heterocycles. The van der Waals surface area contributed by atoms with Gasteiger partial charge in [0.1, 0.15) is 0 Å². The Morgan fingerprint density at radius 2 is 1.60 bits per heavy atom. The molecule has 0 spiro atoms. The minimum absolute atomic E-state index is 1.11. The monoisotopic (exact) mass is 278 g/mol. The van der Waals surface area contributed by atoms with Gasteiger partial charge in [-0.1, -0.05) is 0 Å². The molecule has 1 aliphatic heterocycles. The predicted molar refractivity (Wildman–Crippen MR) is 74.9 cm³/mol. The first-order valence-electron chi connectivity index (χ1n) is 5.65. The molecule has 0 radical (unpaired) electrons. The standard InChI is InChI=1S/C13H20GeSi/c1-14(2)12-9-7-6-8-11(12)10-13(14)15(3,4)5/h6-10H,1-5H3. The molecule has 0 atom stereocenters. The first-order chi connectivity index (χ1) is 6.83. The fraction of sp³-hybridized carbons (Fsp3) is 0.385. The van der Waals surface area contributed by atoms with E-state index >= 15 is 0 Å². The SMILES string of the molecule is C[Si](C)(C)[C]1=Cc2cccc[c]2[Ge]1([CH3])[CH3]. The third kappa shape index (κ3) is 1.76. The van der Waals surface area contributed by atoms with Crippen LogP contribution in [-0.4, -0.2) is 21.3 Å². The van der Waals surface area contributed by atoms with E-state index in [4.69, 9.17) is 0 Å². The molecular weight excluding hydrogens is 257 g/mol. The van der Waals surface area contributed by atoms with Gasteiger partial charge in [-0.2, -0.15) is 0 Å². The molecule has 1 aliphatic rings. The summed E-state index contributed by atoms with van der Waals surface area (Å²) in [6, 6.07) is 9.02. The van der Waals surface area contributed by atoms with E-state index in [2.05, 4.69) is 61.5 Å². The first kappa shape index (κ1) is 11.2. The summed E-state index contributed by atoms with van der Waals surface area (Å²) in [6.07, 6.45) is 2.52. The van der Waals surface area contributed by atoms with Gasteiger partial charge in [0.15, 0.2) is 0 Å². The van der Waals surface area contributed by atoms with E-state index < -0.39 is 21.3 Å². The molecule has 15 heavy (non-hydrogen) atoms. The Labute approximate surface area is 96.8 Å². The van der Waals surface area contributed by atoms with Crippen LogP contribution in [0.25, 0.3) is 6.08 Å². The third-order valence-corrected chi connectivity index (χ3v) is 20.1. The van der Waals surface area contributed by atoms with Crippen LogP contribution in [0.15, 0.2) is 28.3 Å². The quantitative estimate of drug-likeness (QED) is 0.690. The molecule has 0 N–H and O–H groups in total. The molecule has 0 unspecified atom stereocenters. The maximum absolute atomic E-state index is 2.55. The van der Waals surface area contributed by atoms with Crippen LogP contribution in [0.1, 0.15) is 5.56 Å². The van der Waals surface area contributed by atoms with Gasteiger partial charge in [-0.15, -0.1) is 0 Å². The fourth-order valence-electron chi connectivity index (χ4n) is 2.83. The van der Waals surface area contributed by atoms with Gasteiger partial charge in [0, 0.05) is 0 Å². The summed E-state index contributed by atoms with van der Waals surface area (Å²) in [5.74, 6) is 5.10. The number of rotatable bonds is 1. The van der Waals surface area contributed by atoms with Crippen molar-refractivity contribution in [2.75, 3.05) is 0 Å². The van der Waals surface area contributed by atoms with E-state index in [0.717, 1.165) is 0 Å². The van der Waals surface area contributed by atoms with Crippen LogP contribution < -0.4 is 4.40 Å². The van der Waals surface area contributed by atoms with Crippen molar-refractivity contribution in [3.63, 3.8) is 0 Å². The van der Waals surface area contributed by atoms with Crippen molar-refractivity contribution in [3.05, 3.63) is 33.9 Å². The molecule has 80 valence electrons. The molecule has 1 aromatic rings. The summed E-state index contributed by atoms with van der Waals surface area (Å²) in [5.41, 5.74) is 1.51. The van der Waals surface area contributed by atoms with Crippen molar-refractivity contribution in [2.24, 2.45) is 0 Å². The Balaban J connectivity index is 2.59. The van der Waals surface area contributed by atoms with Crippen molar-refractivity contribution in [1.29, 1.82) is 0 Å². The van der Waals surface area contributed by atoms with E-state index in [9.17, 15) is 0 Å². The zero-order chi connectivity index (χ0) is 11.3. The molecule has 0 bridgehead atoms. The molecular formula is C13H20GeSi. The van der Waals surface area contributed by atoms with Crippen LogP contribution in [-0.2, 0) is 0 Å². The van der Waals surface area contributed by atoms with Crippen LogP contribution in [0.2, 0.25) is 31.2 Å². The molecule has 0 amide bonds. The van der Waals surface area contributed by atoms with Crippen molar-refractivity contribution >= 4 is 31.8 Å². The van der Waals surface area contributed by atoms with Crippen molar-refractivity contribution in [3.8, 4) is 0 Å². The molecule has 1 aromatic carbocycles. The second-order valence-corrected chi connectivity index (χ2v) is 21.2. The van der Waals surface area contributed by atoms with Gasteiger partial charge in [0.2, 0.25) is 0 Å². The average Bonchev–Trinajstić information content (AvgIpc) is 2.39. The summed E-state index contributed by atoms with van der Waals surface area (Å²) < 4.78 is 3.55. The molecule has 0 saturated heterocycles. The number of benzene rings is 1. The van der Waals surface area contributed by atoms with Gasteiger partial charge in [0.25, 0.3) is 0 Å². The van der Waals surface area contributed by atoms with E-state index in [-0.39, 0.29) is 0 Å². The zero-order valence-electron chi connectivity index (χ0n) is 10.4. The topological polar surface area (TPSA) is 0 Å². The van der Waals surface area contributed by atoms with E-state index in [0.29, 0.717) is 0 Å². The fourth-order valence-corrected chi connectivity index (χ4v) is 22.4. The summed E-state index contributed by atoms with van der Waals surface area (Å²) in [4.78, 5) is 0. The molecule has 1 heterocycles. The second-order valence-electron chi connectivity index (χ2n) is 6.02. The number of hydrogen-bond acceptors (Lipinski definition) is 0. The predicted octanol–water partition coefficient (Wildman–Crippen LogP) is 3.42. The normalized spacial score (nSPS) is 18.6. The van der Waals surface area contributed by atoms with Gasteiger partial charge < -0.3 is 0 Å². The Bertz CT molecular complexity index is 424. The van der Waals surface area contributed by atoms with Crippen LogP contribution in [0.3, 0.4) is 0 Å². The van der Waals surface area contributed by atoms with E-state index in [1.165, 1.54) is 5.56 Å².